The maximum absolute atomic E-state index is 12.4. The molecule has 3 unspecified atom stereocenters. The summed E-state index contributed by atoms with van der Waals surface area (Å²) in [5.74, 6) is -2.01. The van der Waals surface area contributed by atoms with Crippen LogP contribution in [0.5, 0.6) is 0 Å². The van der Waals surface area contributed by atoms with Gasteiger partial charge in [-0.3, -0.25) is 9.59 Å². The van der Waals surface area contributed by atoms with Gasteiger partial charge in [0.25, 0.3) is 0 Å². The van der Waals surface area contributed by atoms with Crippen LogP contribution in [0.1, 0.15) is 44.2 Å². The number of carboxylic acids is 1. The highest BCUT2D eigenvalue weighted by Crippen LogP contribution is 2.31. The first kappa shape index (κ1) is 15.8. The molecule has 3 atom stereocenters. The Balaban J connectivity index is 2.02. The van der Waals surface area contributed by atoms with Crippen molar-refractivity contribution in [3.8, 4) is 0 Å². The van der Waals surface area contributed by atoms with Gasteiger partial charge in [0.05, 0.1) is 17.9 Å². The number of amides is 1. The number of hydrogen-bond acceptors (Lipinski definition) is 2. The number of halogens is 1. The third-order valence-corrected chi connectivity index (χ3v) is 4.40. The van der Waals surface area contributed by atoms with Gasteiger partial charge in [-0.1, -0.05) is 36.6 Å². The van der Waals surface area contributed by atoms with E-state index < -0.39 is 17.8 Å². The van der Waals surface area contributed by atoms with Crippen molar-refractivity contribution in [2.24, 2.45) is 11.8 Å². The van der Waals surface area contributed by atoms with Crippen LogP contribution >= 0.6 is 11.6 Å². The maximum atomic E-state index is 12.4. The largest absolute Gasteiger partial charge is 0.481 e. The number of carbonyl (C=O) groups is 2. The number of nitrogens with one attached hydrogen (secondary N) is 1. The number of hydrogen-bond donors (Lipinski definition) is 2. The second-order valence-electron chi connectivity index (χ2n) is 5.62. The summed E-state index contributed by atoms with van der Waals surface area (Å²) >= 11 is 5.85. The molecular weight excluding hydrogens is 290 g/mol. The minimum atomic E-state index is -0.867. The van der Waals surface area contributed by atoms with Crippen LogP contribution in [-0.4, -0.2) is 17.0 Å². The standard InChI is InChI=1S/C16H20ClNO3/c1-10(11-6-8-12(17)9-7-11)18-15(19)13-4-2-3-5-14(13)16(20)21/h6-10,13-14H,2-5H2,1H3,(H,18,19)(H,20,21). The zero-order chi connectivity index (χ0) is 15.4. The minimum absolute atomic E-state index is 0.161. The predicted octanol–water partition coefficient (Wildman–Crippen LogP) is 3.41. The van der Waals surface area contributed by atoms with Gasteiger partial charge in [0.2, 0.25) is 5.91 Å². The van der Waals surface area contributed by atoms with Crippen LogP contribution in [0.4, 0.5) is 0 Å². The topological polar surface area (TPSA) is 66.4 Å². The van der Waals surface area contributed by atoms with E-state index in [0.29, 0.717) is 17.9 Å². The summed E-state index contributed by atoms with van der Waals surface area (Å²) in [4.78, 5) is 23.6. The first-order chi connectivity index (χ1) is 9.99. The maximum Gasteiger partial charge on any atom is 0.307 e. The lowest BCUT2D eigenvalue weighted by atomic mass is 9.78. The molecule has 1 amide bonds. The number of benzene rings is 1. The van der Waals surface area contributed by atoms with E-state index in [2.05, 4.69) is 5.32 Å². The second kappa shape index (κ2) is 6.94. The van der Waals surface area contributed by atoms with Crippen molar-refractivity contribution in [1.82, 2.24) is 5.32 Å². The normalized spacial score (nSPS) is 23.3. The van der Waals surface area contributed by atoms with Gasteiger partial charge in [-0.25, -0.2) is 0 Å². The van der Waals surface area contributed by atoms with Gasteiger partial charge >= 0.3 is 5.97 Å². The molecule has 0 spiro atoms. The van der Waals surface area contributed by atoms with Crippen LogP contribution in [0.15, 0.2) is 24.3 Å². The lowest BCUT2D eigenvalue weighted by Gasteiger charge is -2.28. The molecule has 0 heterocycles. The molecule has 0 aromatic heterocycles. The van der Waals surface area contributed by atoms with Gasteiger partial charge in [-0.05, 0) is 37.5 Å². The second-order valence-corrected chi connectivity index (χ2v) is 6.05. The molecule has 1 aliphatic rings. The fourth-order valence-electron chi connectivity index (χ4n) is 2.90. The quantitative estimate of drug-likeness (QED) is 0.895. The first-order valence-electron chi connectivity index (χ1n) is 7.27. The molecule has 2 N–H and O–H groups in total. The van der Waals surface area contributed by atoms with E-state index in [4.69, 9.17) is 11.6 Å². The van der Waals surface area contributed by atoms with E-state index in [1.807, 2.05) is 19.1 Å². The Hall–Kier alpha value is -1.55. The average molecular weight is 310 g/mol. The number of carboxylic acid groups (broad SMARTS) is 1. The highest BCUT2D eigenvalue weighted by molar-refractivity contribution is 6.30. The van der Waals surface area contributed by atoms with E-state index in [0.717, 1.165) is 18.4 Å². The summed E-state index contributed by atoms with van der Waals surface area (Å²) in [6, 6.07) is 7.12. The Morgan fingerprint density at radius 2 is 1.76 bits per heavy atom. The molecule has 4 nitrogen and oxygen atoms in total. The van der Waals surface area contributed by atoms with Crippen molar-refractivity contribution >= 4 is 23.5 Å². The summed E-state index contributed by atoms with van der Waals surface area (Å²) in [5, 5.41) is 12.8. The zero-order valence-corrected chi connectivity index (χ0v) is 12.8. The van der Waals surface area contributed by atoms with E-state index in [1.165, 1.54) is 0 Å². The van der Waals surface area contributed by atoms with E-state index >= 15 is 0 Å². The van der Waals surface area contributed by atoms with Crippen molar-refractivity contribution in [1.29, 1.82) is 0 Å². The molecular formula is C16H20ClNO3. The monoisotopic (exact) mass is 309 g/mol. The van der Waals surface area contributed by atoms with Gasteiger partial charge < -0.3 is 10.4 Å². The van der Waals surface area contributed by atoms with E-state index in [-0.39, 0.29) is 11.9 Å². The molecule has 1 fully saturated rings. The molecule has 0 saturated heterocycles. The Kier molecular flexibility index (Phi) is 5.23. The van der Waals surface area contributed by atoms with Crippen LogP contribution in [0.2, 0.25) is 5.02 Å². The summed E-state index contributed by atoms with van der Waals surface area (Å²) in [6.07, 6.45) is 3.03. The first-order valence-corrected chi connectivity index (χ1v) is 7.65. The molecule has 1 aliphatic carbocycles. The predicted molar refractivity (Wildman–Crippen MR) is 81.1 cm³/mol. The fraction of sp³-hybridized carbons (Fsp3) is 0.500. The number of aliphatic carboxylic acids is 1. The van der Waals surface area contributed by atoms with Crippen LogP contribution in [0, 0.1) is 11.8 Å². The van der Waals surface area contributed by atoms with Crippen molar-refractivity contribution in [3.05, 3.63) is 34.9 Å². The lowest BCUT2D eigenvalue weighted by molar-refractivity contribution is -0.149. The zero-order valence-electron chi connectivity index (χ0n) is 12.0. The lowest BCUT2D eigenvalue weighted by Crippen LogP contribution is -2.40. The number of rotatable bonds is 4. The van der Waals surface area contributed by atoms with Gasteiger partial charge in [0.15, 0.2) is 0 Å². The molecule has 5 heteroatoms. The Bertz CT molecular complexity index is 515. The molecule has 1 saturated carbocycles. The molecule has 1 aromatic carbocycles. The summed E-state index contributed by atoms with van der Waals surface area (Å²) in [5.41, 5.74) is 0.954. The average Bonchev–Trinajstić information content (AvgIpc) is 2.47. The minimum Gasteiger partial charge on any atom is -0.481 e. The summed E-state index contributed by atoms with van der Waals surface area (Å²) in [7, 11) is 0. The fourth-order valence-corrected chi connectivity index (χ4v) is 3.02. The van der Waals surface area contributed by atoms with Crippen LogP contribution in [0.25, 0.3) is 0 Å². The molecule has 114 valence electrons. The highest BCUT2D eigenvalue weighted by atomic mass is 35.5. The molecule has 2 rings (SSSR count). The van der Waals surface area contributed by atoms with Gasteiger partial charge in [-0.15, -0.1) is 0 Å². The Morgan fingerprint density at radius 1 is 1.19 bits per heavy atom. The summed E-state index contributed by atoms with van der Waals surface area (Å²) < 4.78 is 0. The molecule has 0 aliphatic heterocycles. The smallest absolute Gasteiger partial charge is 0.307 e. The Labute approximate surface area is 129 Å². The van der Waals surface area contributed by atoms with E-state index in [9.17, 15) is 14.7 Å². The van der Waals surface area contributed by atoms with Crippen molar-refractivity contribution in [2.45, 2.75) is 38.6 Å². The third kappa shape index (κ3) is 3.97. The molecule has 1 aromatic rings. The highest BCUT2D eigenvalue weighted by Gasteiger charge is 2.36. The molecule has 21 heavy (non-hydrogen) atoms. The number of carbonyl (C=O) groups excluding carboxylic acids is 1. The van der Waals surface area contributed by atoms with E-state index in [1.54, 1.807) is 12.1 Å². The van der Waals surface area contributed by atoms with Crippen molar-refractivity contribution in [2.75, 3.05) is 0 Å². The SMILES string of the molecule is CC(NC(=O)C1CCCCC1C(=O)O)c1ccc(Cl)cc1. The van der Waals surface area contributed by atoms with Crippen LogP contribution in [-0.2, 0) is 9.59 Å². The summed E-state index contributed by atoms with van der Waals surface area (Å²) in [6.45, 7) is 1.89. The van der Waals surface area contributed by atoms with Gasteiger partial charge in [-0.2, -0.15) is 0 Å². The van der Waals surface area contributed by atoms with Crippen LogP contribution in [0.3, 0.4) is 0 Å². The molecule has 0 radical (unpaired) electrons. The molecule has 0 bridgehead atoms. The van der Waals surface area contributed by atoms with Crippen molar-refractivity contribution in [3.63, 3.8) is 0 Å². The van der Waals surface area contributed by atoms with Crippen molar-refractivity contribution < 1.29 is 14.7 Å². The van der Waals surface area contributed by atoms with Gasteiger partial charge in [0, 0.05) is 5.02 Å². The Morgan fingerprint density at radius 3 is 2.33 bits per heavy atom. The third-order valence-electron chi connectivity index (χ3n) is 4.15. The van der Waals surface area contributed by atoms with Gasteiger partial charge in [0.1, 0.15) is 0 Å². The van der Waals surface area contributed by atoms with Crippen LogP contribution < -0.4 is 5.32 Å².